The van der Waals surface area contributed by atoms with Gasteiger partial charge < -0.3 is 39.4 Å². The molecule has 0 aromatic carbocycles. The number of unbranched alkanes of at least 4 members (excludes halogenated alkanes) is 5. The van der Waals surface area contributed by atoms with Crippen LogP contribution in [0.3, 0.4) is 0 Å². The van der Waals surface area contributed by atoms with Crippen molar-refractivity contribution in [1.82, 2.24) is 0 Å². The molecule has 0 aliphatic carbocycles. The Morgan fingerprint density at radius 2 is 1.47 bits per heavy atom. The van der Waals surface area contributed by atoms with Gasteiger partial charge >= 0.3 is 11.9 Å². The molecule has 1 heterocycles. The molecule has 0 spiro atoms. The zero-order valence-electron chi connectivity index (χ0n) is 19.2. The third-order valence-electron chi connectivity index (χ3n) is 5.24. The molecule has 1 rings (SSSR count). The van der Waals surface area contributed by atoms with Gasteiger partial charge in [-0.05, 0) is 12.8 Å². The Labute approximate surface area is 189 Å². The lowest BCUT2D eigenvalue weighted by Gasteiger charge is -2.39. The van der Waals surface area contributed by atoms with E-state index in [1.807, 2.05) is 6.92 Å². The molecule has 1 saturated heterocycles. The third kappa shape index (κ3) is 10.5. The van der Waals surface area contributed by atoms with E-state index < -0.39 is 55.4 Å². The smallest absolute Gasteiger partial charge is 0.306 e. The van der Waals surface area contributed by atoms with Crippen LogP contribution < -0.4 is 0 Å². The first-order chi connectivity index (χ1) is 15.3. The van der Waals surface area contributed by atoms with Gasteiger partial charge in [0.1, 0.15) is 31.0 Å². The van der Waals surface area contributed by atoms with Crippen molar-refractivity contribution in [2.24, 2.45) is 0 Å². The average Bonchev–Trinajstić information content (AvgIpc) is 2.78. The van der Waals surface area contributed by atoms with Crippen LogP contribution in [0.2, 0.25) is 0 Å². The van der Waals surface area contributed by atoms with Gasteiger partial charge in [0.15, 0.2) is 12.4 Å². The second kappa shape index (κ2) is 16.3. The summed E-state index contributed by atoms with van der Waals surface area (Å²) in [6, 6.07) is 0. The van der Waals surface area contributed by atoms with Crippen LogP contribution in [0.1, 0.15) is 71.6 Å². The summed E-state index contributed by atoms with van der Waals surface area (Å²) in [7, 11) is 0. The third-order valence-corrected chi connectivity index (χ3v) is 5.24. The molecule has 10 nitrogen and oxygen atoms in total. The van der Waals surface area contributed by atoms with Crippen molar-refractivity contribution < 1.29 is 49.0 Å². The summed E-state index contributed by atoms with van der Waals surface area (Å²) in [6.07, 6.45) is -1.34. The molecule has 6 atom stereocenters. The summed E-state index contributed by atoms with van der Waals surface area (Å²) < 4.78 is 21.4. The molecule has 32 heavy (non-hydrogen) atoms. The van der Waals surface area contributed by atoms with E-state index in [-0.39, 0.29) is 26.1 Å². The molecule has 4 N–H and O–H groups in total. The summed E-state index contributed by atoms with van der Waals surface area (Å²) in [4.78, 5) is 24.1. The van der Waals surface area contributed by atoms with Crippen molar-refractivity contribution in [3.63, 3.8) is 0 Å². The average molecular weight is 465 g/mol. The first-order valence-electron chi connectivity index (χ1n) is 11.6. The molecule has 0 radical (unpaired) electrons. The highest BCUT2D eigenvalue weighted by atomic mass is 16.7. The number of carbonyl (C=O) groups excluding carboxylic acids is 2. The minimum Gasteiger partial charge on any atom is -0.462 e. The maximum absolute atomic E-state index is 12.1. The fraction of sp³-hybridized carbons (Fsp3) is 0.909. The highest BCUT2D eigenvalue weighted by molar-refractivity contribution is 5.70. The predicted octanol–water partition coefficient (Wildman–Crippen LogP) is 0.809. The van der Waals surface area contributed by atoms with Crippen LogP contribution in [0.5, 0.6) is 0 Å². The number of aliphatic hydroxyl groups is 4. The van der Waals surface area contributed by atoms with Crippen LogP contribution in [0.4, 0.5) is 0 Å². The maximum atomic E-state index is 12.1. The second-order valence-corrected chi connectivity index (χ2v) is 8.09. The van der Waals surface area contributed by atoms with E-state index in [1.165, 1.54) is 0 Å². The zero-order chi connectivity index (χ0) is 23.9. The minimum atomic E-state index is -1.58. The molecule has 1 fully saturated rings. The van der Waals surface area contributed by atoms with Crippen LogP contribution in [0.25, 0.3) is 0 Å². The number of ether oxygens (including phenoxy) is 4. The van der Waals surface area contributed by atoms with Crippen molar-refractivity contribution >= 4 is 11.9 Å². The van der Waals surface area contributed by atoms with Crippen LogP contribution in [0, 0.1) is 0 Å². The van der Waals surface area contributed by atoms with Gasteiger partial charge in [0.05, 0.1) is 13.2 Å². The molecule has 1 aliphatic rings. The second-order valence-electron chi connectivity index (χ2n) is 8.09. The van der Waals surface area contributed by atoms with Crippen LogP contribution in [0.15, 0.2) is 0 Å². The highest BCUT2D eigenvalue weighted by Gasteiger charge is 2.44. The molecular formula is C22H40O10. The highest BCUT2D eigenvalue weighted by Crippen LogP contribution is 2.22. The SMILES string of the molecule is CCCCCCC(=O)OC[C@H](CO[C@@H]1O[C@H](CO)[C@H](O)[C@H](O)[C@H]1O)OC(=O)CCCCC. The van der Waals surface area contributed by atoms with Crippen molar-refractivity contribution in [3.05, 3.63) is 0 Å². The predicted molar refractivity (Wildman–Crippen MR) is 113 cm³/mol. The molecule has 1 aliphatic heterocycles. The Hall–Kier alpha value is -1.30. The molecule has 188 valence electrons. The molecule has 10 heteroatoms. The number of rotatable bonds is 16. The van der Waals surface area contributed by atoms with E-state index in [2.05, 4.69) is 6.92 Å². The first kappa shape index (κ1) is 28.7. The van der Waals surface area contributed by atoms with Gasteiger partial charge in [0.25, 0.3) is 0 Å². The molecule has 0 saturated carbocycles. The lowest BCUT2D eigenvalue weighted by molar-refractivity contribution is -0.305. The number of esters is 2. The van der Waals surface area contributed by atoms with Crippen molar-refractivity contribution in [3.8, 4) is 0 Å². The standard InChI is InChI=1S/C22H40O10/c1-3-5-7-9-10-17(24)29-13-15(31-18(25)11-8-6-4-2)14-30-22-21(28)20(27)19(26)16(12-23)32-22/h15-16,19-23,26-28H,3-14H2,1-2H3/t15-,16-,19+,20+,21-,22-/m1/s1. The monoisotopic (exact) mass is 464 g/mol. The number of carbonyl (C=O) groups is 2. The van der Waals surface area contributed by atoms with E-state index in [0.717, 1.165) is 38.5 Å². The van der Waals surface area contributed by atoms with Gasteiger partial charge in [-0.3, -0.25) is 9.59 Å². The lowest BCUT2D eigenvalue weighted by Crippen LogP contribution is -2.59. The topological polar surface area (TPSA) is 152 Å². The molecule has 0 aromatic rings. The normalized spacial score (nSPS) is 26.5. The van der Waals surface area contributed by atoms with Gasteiger partial charge in [-0.1, -0.05) is 46.0 Å². The van der Waals surface area contributed by atoms with Crippen molar-refractivity contribution in [1.29, 1.82) is 0 Å². The van der Waals surface area contributed by atoms with Crippen LogP contribution in [-0.4, -0.2) is 89.0 Å². The molecule has 0 bridgehead atoms. The molecule has 0 aromatic heterocycles. The summed E-state index contributed by atoms with van der Waals surface area (Å²) in [5.74, 6) is -0.860. The molecule has 0 amide bonds. The van der Waals surface area contributed by atoms with Crippen LogP contribution >= 0.6 is 0 Å². The fourth-order valence-electron chi connectivity index (χ4n) is 3.24. The Balaban J connectivity index is 2.61. The minimum absolute atomic E-state index is 0.218. The first-order valence-corrected chi connectivity index (χ1v) is 11.6. The van der Waals surface area contributed by atoms with Gasteiger partial charge in [0, 0.05) is 12.8 Å². The van der Waals surface area contributed by atoms with Gasteiger partial charge in [-0.2, -0.15) is 0 Å². The summed E-state index contributed by atoms with van der Waals surface area (Å²) in [5, 5.41) is 39.1. The Bertz CT molecular complexity index is 527. The molecule has 0 unspecified atom stereocenters. The van der Waals surface area contributed by atoms with Gasteiger partial charge in [-0.15, -0.1) is 0 Å². The Morgan fingerprint density at radius 3 is 2.12 bits per heavy atom. The van der Waals surface area contributed by atoms with E-state index in [9.17, 15) is 30.0 Å². The maximum Gasteiger partial charge on any atom is 0.306 e. The number of hydrogen-bond acceptors (Lipinski definition) is 10. The van der Waals surface area contributed by atoms with E-state index in [0.29, 0.717) is 6.42 Å². The summed E-state index contributed by atoms with van der Waals surface area (Å²) in [5.41, 5.74) is 0. The summed E-state index contributed by atoms with van der Waals surface area (Å²) >= 11 is 0. The zero-order valence-corrected chi connectivity index (χ0v) is 19.2. The van der Waals surface area contributed by atoms with Crippen molar-refractivity contribution in [2.45, 2.75) is 108 Å². The summed E-state index contributed by atoms with van der Waals surface area (Å²) in [6.45, 7) is 3.01. The van der Waals surface area contributed by atoms with E-state index in [4.69, 9.17) is 18.9 Å². The van der Waals surface area contributed by atoms with Crippen molar-refractivity contribution in [2.75, 3.05) is 19.8 Å². The van der Waals surface area contributed by atoms with Gasteiger partial charge in [-0.25, -0.2) is 0 Å². The largest absolute Gasteiger partial charge is 0.462 e. The van der Waals surface area contributed by atoms with E-state index in [1.54, 1.807) is 0 Å². The molecular weight excluding hydrogens is 424 g/mol. The lowest BCUT2D eigenvalue weighted by atomic mass is 9.99. The number of hydrogen-bond donors (Lipinski definition) is 4. The number of aliphatic hydroxyl groups excluding tert-OH is 4. The Morgan fingerprint density at radius 1 is 0.844 bits per heavy atom. The fourth-order valence-corrected chi connectivity index (χ4v) is 3.24. The quantitative estimate of drug-likeness (QED) is 0.191. The van der Waals surface area contributed by atoms with E-state index >= 15 is 0 Å². The van der Waals surface area contributed by atoms with Crippen LogP contribution in [-0.2, 0) is 28.5 Å². The van der Waals surface area contributed by atoms with Gasteiger partial charge in [0.2, 0.25) is 0 Å². The Kier molecular flexibility index (Phi) is 14.7.